The molecule has 2 N–H and O–H groups in total. The molecule has 1 aromatic heterocycles. The number of rotatable bonds is 0. The minimum absolute atomic E-state index is 0.0567. The van der Waals surface area contributed by atoms with Crippen molar-refractivity contribution in [3.63, 3.8) is 0 Å². The number of aromatic nitrogens is 2. The first-order chi connectivity index (χ1) is 6.48. The summed E-state index contributed by atoms with van der Waals surface area (Å²) in [5.41, 5.74) is 5.36. The fourth-order valence-electron chi connectivity index (χ4n) is 1.81. The predicted molar refractivity (Wildman–Crippen MR) is 44.7 cm³/mol. The van der Waals surface area contributed by atoms with Crippen LogP contribution in [0.1, 0.15) is 24.6 Å². The van der Waals surface area contributed by atoms with Crippen molar-refractivity contribution in [1.29, 1.82) is 0 Å². The third-order valence-corrected chi connectivity index (χ3v) is 2.42. The molecule has 0 fully saturated rings. The lowest BCUT2D eigenvalue weighted by molar-refractivity contribution is -0.156. The van der Waals surface area contributed by atoms with Gasteiger partial charge in [0.25, 0.3) is 0 Å². The number of halogens is 3. The summed E-state index contributed by atoms with van der Waals surface area (Å²) in [6.45, 7) is 0.576. The van der Waals surface area contributed by atoms with Crippen LogP contribution >= 0.6 is 0 Å². The number of aryl methyl sites for hydroxylation is 1. The van der Waals surface area contributed by atoms with E-state index in [4.69, 9.17) is 5.73 Å². The minimum atomic E-state index is -4.21. The number of alkyl halides is 3. The van der Waals surface area contributed by atoms with Gasteiger partial charge < -0.3 is 10.3 Å². The summed E-state index contributed by atoms with van der Waals surface area (Å²) in [6.07, 6.45) is -2.11. The third-order valence-electron chi connectivity index (χ3n) is 2.42. The highest BCUT2D eigenvalue weighted by atomic mass is 19.4. The molecular weight excluding hydrogens is 195 g/mol. The average molecular weight is 205 g/mol. The standard InChI is InChI=1S/C8H10F3N3/c9-8(10,11)5-2-1-3-14-4-6(12)13-7(5)14/h4-5H,1-3,12H2. The fourth-order valence-corrected chi connectivity index (χ4v) is 1.81. The zero-order valence-electron chi connectivity index (χ0n) is 7.38. The van der Waals surface area contributed by atoms with Gasteiger partial charge in [-0.25, -0.2) is 4.98 Å². The van der Waals surface area contributed by atoms with Crippen LogP contribution in [0.15, 0.2) is 6.20 Å². The third kappa shape index (κ3) is 1.44. The van der Waals surface area contributed by atoms with Crippen LogP contribution < -0.4 is 5.73 Å². The lowest BCUT2D eigenvalue weighted by Gasteiger charge is -2.24. The van der Waals surface area contributed by atoms with Crippen LogP contribution in [0.3, 0.4) is 0 Å². The zero-order valence-corrected chi connectivity index (χ0v) is 7.38. The SMILES string of the molecule is Nc1cn2c(n1)C(C(F)(F)F)CCC2. The van der Waals surface area contributed by atoms with E-state index in [1.807, 2.05) is 0 Å². The Morgan fingerprint density at radius 3 is 2.86 bits per heavy atom. The first-order valence-electron chi connectivity index (χ1n) is 4.38. The van der Waals surface area contributed by atoms with Gasteiger partial charge in [0.1, 0.15) is 17.6 Å². The molecule has 78 valence electrons. The van der Waals surface area contributed by atoms with Crippen LogP contribution in [-0.4, -0.2) is 15.7 Å². The second kappa shape index (κ2) is 2.90. The van der Waals surface area contributed by atoms with E-state index in [1.54, 1.807) is 0 Å². The van der Waals surface area contributed by atoms with Crippen molar-refractivity contribution in [1.82, 2.24) is 9.55 Å². The molecule has 1 aliphatic heterocycles. The second-order valence-electron chi connectivity index (χ2n) is 3.45. The van der Waals surface area contributed by atoms with Crippen molar-refractivity contribution in [2.45, 2.75) is 31.5 Å². The molecule has 0 aromatic carbocycles. The largest absolute Gasteiger partial charge is 0.398 e. The minimum Gasteiger partial charge on any atom is -0.382 e. The smallest absolute Gasteiger partial charge is 0.382 e. The maximum atomic E-state index is 12.5. The maximum absolute atomic E-state index is 12.5. The first kappa shape index (κ1) is 9.36. The molecule has 1 aromatic rings. The molecule has 2 heterocycles. The molecule has 1 atom stereocenters. The van der Waals surface area contributed by atoms with Crippen molar-refractivity contribution in [3.05, 3.63) is 12.0 Å². The van der Waals surface area contributed by atoms with Crippen molar-refractivity contribution < 1.29 is 13.2 Å². The highest BCUT2D eigenvalue weighted by Gasteiger charge is 2.44. The molecule has 0 bridgehead atoms. The summed E-state index contributed by atoms with van der Waals surface area (Å²) in [5, 5.41) is 0. The van der Waals surface area contributed by atoms with E-state index >= 15 is 0 Å². The van der Waals surface area contributed by atoms with E-state index < -0.39 is 12.1 Å². The van der Waals surface area contributed by atoms with E-state index in [0.717, 1.165) is 0 Å². The highest BCUT2D eigenvalue weighted by molar-refractivity contribution is 5.28. The van der Waals surface area contributed by atoms with Crippen LogP contribution in [0.4, 0.5) is 19.0 Å². The number of hydrogen-bond donors (Lipinski definition) is 1. The zero-order chi connectivity index (χ0) is 10.3. The van der Waals surface area contributed by atoms with E-state index in [9.17, 15) is 13.2 Å². The Balaban J connectivity index is 2.40. The van der Waals surface area contributed by atoms with Crippen molar-refractivity contribution in [2.24, 2.45) is 0 Å². The summed E-state index contributed by atoms with van der Waals surface area (Å²) in [5.74, 6) is -1.23. The van der Waals surface area contributed by atoms with Gasteiger partial charge in [0.05, 0.1) is 0 Å². The summed E-state index contributed by atoms with van der Waals surface area (Å²) in [4.78, 5) is 3.72. The summed E-state index contributed by atoms with van der Waals surface area (Å²) >= 11 is 0. The lowest BCUT2D eigenvalue weighted by atomic mass is 9.98. The summed E-state index contributed by atoms with van der Waals surface area (Å²) < 4.78 is 39.1. The van der Waals surface area contributed by atoms with Crippen molar-refractivity contribution in [3.8, 4) is 0 Å². The maximum Gasteiger partial charge on any atom is 0.398 e. The van der Waals surface area contributed by atoms with E-state index in [0.29, 0.717) is 13.0 Å². The van der Waals surface area contributed by atoms with E-state index in [2.05, 4.69) is 4.98 Å². The van der Waals surface area contributed by atoms with Gasteiger partial charge in [0.15, 0.2) is 0 Å². The molecule has 0 spiro atoms. The number of hydrogen-bond acceptors (Lipinski definition) is 2. The highest BCUT2D eigenvalue weighted by Crippen LogP contribution is 2.40. The monoisotopic (exact) mass is 205 g/mol. The van der Waals surface area contributed by atoms with E-state index in [1.165, 1.54) is 10.8 Å². The Bertz CT molecular complexity index is 342. The quantitative estimate of drug-likeness (QED) is 0.703. The number of nitrogens with zero attached hydrogens (tertiary/aromatic N) is 2. The fraction of sp³-hybridized carbons (Fsp3) is 0.625. The van der Waals surface area contributed by atoms with Gasteiger partial charge in [-0.3, -0.25) is 0 Å². The molecule has 0 radical (unpaired) electrons. The van der Waals surface area contributed by atoms with E-state index in [-0.39, 0.29) is 18.1 Å². The Morgan fingerprint density at radius 2 is 2.21 bits per heavy atom. The van der Waals surface area contributed by atoms with Crippen LogP contribution in [0.25, 0.3) is 0 Å². The van der Waals surface area contributed by atoms with Crippen LogP contribution in [0, 0.1) is 0 Å². The van der Waals surface area contributed by atoms with Gasteiger partial charge in [-0.1, -0.05) is 0 Å². The number of nitrogens with two attached hydrogens (primary N) is 1. The molecule has 2 rings (SSSR count). The summed E-state index contributed by atoms with van der Waals surface area (Å²) in [7, 11) is 0. The molecule has 6 heteroatoms. The van der Waals surface area contributed by atoms with Gasteiger partial charge in [0, 0.05) is 12.7 Å². The Morgan fingerprint density at radius 1 is 1.50 bits per heavy atom. The van der Waals surface area contributed by atoms with Gasteiger partial charge in [0.2, 0.25) is 0 Å². The van der Waals surface area contributed by atoms with Crippen LogP contribution in [-0.2, 0) is 6.54 Å². The lowest BCUT2D eigenvalue weighted by Crippen LogP contribution is -2.27. The molecule has 1 aliphatic rings. The average Bonchev–Trinajstić information content (AvgIpc) is 2.41. The number of fused-ring (bicyclic) bond motifs is 1. The van der Waals surface area contributed by atoms with Crippen LogP contribution in [0.5, 0.6) is 0 Å². The number of imidazole rings is 1. The Kier molecular flexibility index (Phi) is 1.94. The second-order valence-corrected chi connectivity index (χ2v) is 3.45. The van der Waals surface area contributed by atoms with Crippen molar-refractivity contribution >= 4 is 5.82 Å². The normalized spacial score (nSPS) is 22.1. The Labute approximate surface area is 78.7 Å². The van der Waals surface area contributed by atoms with Gasteiger partial charge in [-0.15, -0.1) is 0 Å². The van der Waals surface area contributed by atoms with Gasteiger partial charge in [-0.2, -0.15) is 13.2 Å². The topological polar surface area (TPSA) is 43.8 Å². The predicted octanol–water partition coefficient (Wildman–Crippen LogP) is 1.91. The summed E-state index contributed by atoms with van der Waals surface area (Å²) in [6, 6.07) is 0. The Hall–Kier alpha value is -1.20. The molecule has 1 unspecified atom stereocenters. The molecular formula is C8H10F3N3. The van der Waals surface area contributed by atoms with Crippen LogP contribution in [0.2, 0.25) is 0 Å². The molecule has 0 saturated heterocycles. The molecule has 3 nitrogen and oxygen atoms in total. The van der Waals surface area contributed by atoms with Crippen molar-refractivity contribution in [2.75, 3.05) is 5.73 Å². The molecule has 0 aliphatic carbocycles. The molecule has 0 saturated carbocycles. The van der Waals surface area contributed by atoms with Gasteiger partial charge in [-0.05, 0) is 12.8 Å². The molecule has 0 amide bonds. The molecule has 14 heavy (non-hydrogen) atoms. The van der Waals surface area contributed by atoms with Gasteiger partial charge >= 0.3 is 6.18 Å². The number of anilines is 1. The number of nitrogen functional groups attached to an aromatic ring is 1. The first-order valence-corrected chi connectivity index (χ1v) is 4.38.